The van der Waals surface area contributed by atoms with E-state index < -0.39 is 11.6 Å². The minimum absolute atomic E-state index is 0.188. The molecule has 0 heterocycles. The molecular formula is C12H16O5. The summed E-state index contributed by atoms with van der Waals surface area (Å²) in [5.74, 6) is 0.411. The summed E-state index contributed by atoms with van der Waals surface area (Å²) in [6.07, 6.45) is 0. The lowest BCUT2D eigenvalue weighted by Crippen LogP contribution is -2.42. The molecule has 0 aliphatic carbocycles. The molecule has 1 aromatic carbocycles. The number of carbonyl (C=O) groups is 1. The molecule has 0 aliphatic heterocycles. The highest BCUT2D eigenvalue weighted by Gasteiger charge is 2.32. The van der Waals surface area contributed by atoms with Crippen molar-refractivity contribution in [1.29, 1.82) is 0 Å². The summed E-state index contributed by atoms with van der Waals surface area (Å²) < 4.78 is 14.8. The second-order valence-corrected chi connectivity index (χ2v) is 3.73. The molecule has 17 heavy (non-hydrogen) atoms. The highest BCUT2D eigenvalue weighted by molar-refractivity contribution is 5.78. The monoisotopic (exact) mass is 240 g/mol. The predicted molar refractivity (Wildman–Crippen MR) is 61.1 cm³/mol. The van der Waals surface area contributed by atoms with Crippen molar-refractivity contribution in [2.24, 2.45) is 0 Å². The van der Waals surface area contributed by atoms with Gasteiger partial charge in [0.05, 0.1) is 14.2 Å². The van der Waals surface area contributed by atoms with Crippen LogP contribution in [0.3, 0.4) is 0 Å². The molecule has 1 rings (SSSR count). The van der Waals surface area contributed by atoms with Gasteiger partial charge in [0.2, 0.25) is 0 Å². The molecule has 0 aromatic heterocycles. The molecule has 5 heteroatoms. The average molecular weight is 240 g/mol. The van der Waals surface area contributed by atoms with Crippen LogP contribution >= 0.6 is 0 Å². The Morgan fingerprint density at radius 1 is 1.35 bits per heavy atom. The van der Waals surface area contributed by atoms with Crippen LogP contribution in [0.1, 0.15) is 6.92 Å². The first kappa shape index (κ1) is 13.3. The number of carbonyl (C=O) groups excluding carboxylic acids is 1. The molecule has 0 saturated heterocycles. The summed E-state index contributed by atoms with van der Waals surface area (Å²) in [6.45, 7) is 1.14. The van der Waals surface area contributed by atoms with Crippen LogP contribution in [0.5, 0.6) is 11.5 Å². The quantitative estimate of drug-likeness (QED) is 0.778. The molecule has 0 bridgehead atoms. The molecule has 1 unspecified atom stereocenters. The van der Waals surface area contributed by atoms with Crippen molar-refractivity contribution in [2.45, 2.75) is 12.5 Å². The molecule has 0 spiro atoms. The van der Waals surface area contributed by atoms with Gasteiger partial charge in [0.15, 0.2) is 5.60 Å². The van der Waals surface area contributed by atoms with E-state index in [0.29, 0.717) is 11.5 Å². The van der Waals surface area contributed by atoms with Gasteiger partial charge < -0.3 is 19.3 Å². The third kappa shape index (κ3) is 3.64. The topological polar surface area (TPSA) is 65.0 Å². The van der Waals surface area contributed by atoms with Crippen molar-refractivity contribution in [2.75, 3.05) is 20.8 Å². The lowest BCUT2D eigenvalue weighted by atomic mass is 10.1. The maximum atomic E-state index is 11.2. The van der Waals surface area contributed by atoms with E-state index in [1.807, 2.05) is 0 Å². The molecule has 0 amide bonds. The molecule has 94 valence electrons. The molecule has 0 aliphatic rings. The molecule has 0 radical (unpaired) electrons. The summed E-state index contributed by atoms with van der Waals surface area (Å²) in [4.78, 5) is 11.2. The van der Waals surface area contributed by atoms with Gasteiger partial charge in [-0.1, -0.05) is 6.07 Å². The Morgan fingerprint density at radius 3 is 2.59 bits per heavy atom. The summed E-state index contributed by atoms with van der Waals surface area (Å²) >= 11 is 0. The first-order chi connectivity index (χ1) is 7.99. The van der Waals surface area contributed by atoms with Crippen molar-refractivity contribution in [3.63, 3.8) is 0 Å². The maximum absolute atomic E-state index is 11.2. The van der Waals surface area contributed by atoms with Crippen molar-refractivity contribution in [3.05, 3.63) is 24.3 Å². The smallest absolute Gasteiger partial charge is 0.341 e. The minimum Gasteiger partial charge on any atom is -0.497 e. The Labute approximate surface area is 99.9 Å². The average Bonchev–Trinajstić information content (AvgIpc) is 2.35. The van der Waals surface area contributed by atoms with Crippen LogP contribution in [0.4, 0.5) is 0 Å². The zero-order valence-electron chi connectivity index (χ0n) is 10.1. The SMILES string of the molecule is COC(=O)C(C)(O)COc1cccc(OC)c1. The molecule has 0 fully saturated rings. The van der Waals surface area contributed by atoms with Gasteiger partial charge in [-0.2, -0.15) is 0 Å². The van der Waals surface area contributed by atoms with E-state index in [9.17, 15) is 9.90 Å². The maximum Gasteiger partial charge on any atom is 0.341 e. The van der Waals surface area contributed by atoms with Crippen molar-refractivity contribution < 1.29 is 24.1 Å². The van der Waals surface area contributed by atoms with Crippen molar-refractivity contribution in [3.8, 4) is 11.5 Å². The van der Waals surface area contributed by atoms with Gasteiger partial charge in [0, 0.05) is 6.07 Å². The standard InChI is InChI=1S/C12H16O5/c1-12(14,11(13)16-3)8-17-10-6-4-5-9(7-10)15-2/h4-7,14H,8H2,1-3H3. The van der Waals surface area contributed by atoms with E-state index in [1.165, 1.54) is 14.0 Å². The zero-order chi connectivity index (χ0) is 12.9. The Bertz CT molecular complexity index is 386. The van der Waals surface area contributed by atoms with E-state index in [4.69, 9.17) is 9.47 Å². The predicted octanol–water partition coefficient (Wildman–Crippen LogP) is 0.998. The van der Waals surface area contributed by atoms with E-state index in [-0.39, 0.29) is 6.61 Å². The number of ether oxygens (including phenoxy) is 3. The van der Waals surface area contributed by atoms with Crippen LogP contribution in [0.2, 0.25) is 0 Å². The number of benzene rings is 1. The van der Waals surface area contributed by atoms with Gasteiger partial charge in [-0.3, -0.25) is 0 Å². The van der Waals surface area contributed by atoms with Crippen molar-refractivity contribution >= 4 is 5.97 Å². The van der Waals surface area contributed by atoms with Gasteiger partial charge in [-0.05, 0) is 19.1 Å². The summed E-state index contributed by atoms with van der Waals surface area (Å²) in [5, 5.41) is 9.74. The number of rotatable bonds is 5. The fraction of sp³-hybridized carbons (Fsp3) is 0.417. The lowest BCUT2D eigenvalue weighted by molar-refractivity contribution is -0.163. The third-order valence-corrected chi connectivity index (χ3v) is 2.19. The Morgan fingerprint density at radius 2 is 2.00 bits per heavy atom. The van der Waals surface area contributed by atoms with Crippen LogP contribution in [0, 0.1) is 0 Å². The second-order valence-electron chi connectivity index (χ2n) is 3.73. The third-order valence-electron chi connectivity index (χ3n) is 2.19. The number of hydrogen-bond donors (Lipinski definition) is 1. The van der Waals surface area contributed by atoms with Gasteiger partial charge >= 0.3 is 5.97 Å². The molecule has 0 saturated carbocycles. The Hall–Kier alpha value is -1.75. The minimum atomic E-state index is -1.67. The van der Waals surface area contributed by atoms with E-state index in [0.717, 1.165) is 0 Å². The van der Waals surface area contributed by atoms with E-state index in [2.05, 4.69) is 4.74 Å². The van der Waals surface area contributed by atoms with Gasteiger partial charge in [-0.25, -0.2) is 4.79 Å². The fourth-order valence-electron chi connectivity index (χ4n) is 1.19. The van der Waals surface area contributed by atoms with Crippen LogP contribution < -0.4 is 9.47 Å². The molecule has 1 aromatic rings. The van der Waals surface area contributed by atoms with Crippen LogP contribution in [0.15, 0.2) is 24.3 Å². The number of methoxy groups -OCH3 is 2. The summed E-state index contributed by atoms with van der Waals surface area (Å²) in [5.41, 5.74) is -1.67. The lowest BCUT2D eigenvalue weighted by Gasteiger charge is -2.20. The summed E-state index contributed by atoms with van der Waals surface area (Å²) in [6, 6.07) is 6.88. The van der Waals surface area contributed by atoms with Gasteiger partial charge in [0.1, 0.15) is 18.1 Å². The van der Waals surface area contributed by atoms with Crippen LogP contribution in [-0.2, 0) is 9.53 Å². The fourth-order valence-corrected chi connectivity index (χ4v) is 1.19. The number of hydrogen-bond acceptors (Lipinski definition) is 5. The molecule has 1 N–H and O–H groups in total. The van der Waals surface area contributed by atoms with Gasteiger partial charge in [0.25, 0.3) is 0 Å². The Balaban J connectivity index is 2.63. The molecule has 1 atom stereocenters. The Kier molecular flexibility index (Phi) is 4.34. The van der Waals surface area contributed by atoms with E-state index in [1.54, 1.807) is 31.4 Å². The zero-order valence-corrected chi connectivity index (χ0v) is 10.1. The normalized spacial score (nSPS) is 13.6. The first-order valence-corrected chi connectivity index (χ1v) is 5.07. The van der Waals surface area contributed by atoms with Crippen LogP contribution in [0.25, 0.3) is 0 Å². The second kappa shape index (κ2) is 5.54. The molecule has 5 nitrogen and oxygen atoms in total. The highest BCUT2D eigenvalue weighted by atomic mass is 16.6. The largest absolute Gasteiger partial charge is 0.497 e. The first-order valence-electron chi connectivity index (χ1n) is 5.07. The van der Waals surface area contributed by atoms with Crippen LogP contribution in [-0.4, -0.2) is 37.5 Å². The summed E-state index contributed by atoms with van der Waals surface area (Å²) in [7, 11) is 2.76. The van der Waals surface area contributed by atoms with Gasteiger partial charge in [-0.15, -0.1) is 0 Å². The van der Waals surface area contributed by atoms with Crippen molar-refractivity contribution in [1.82, 2.24) is 0 Å². The highest BCUT2D eigenvalue weighted by Crippen LogP contribution is 2.20. The molecular weight excluding hydrogens is 224 g/mol. The van der Waals surface area contributed by atoms with E-state index >= 15 is 0 Å². The number of esters is 1. The number of aliphatic hydroxyl groups is 1.